The molecule has 2 rings (SSSR count). The van der Waals surface area contributed by atoms with Crippen molar-refractivity contribution in [1.29, 1.82) is 0 Å². The SMILES string of the molecule is CCCc1csc(CN2CCOC(CN)C2)n1.Cl. The molecule has 18 heavy (non-hydrogen) atoms. The van der Waals surface area contributed by atoms with Crippen molar-refractivity contribution in [1.82, 2.24) is 9.88 Å². The second-order valence-electron chi connectivity index (χ2n) is 4.45. The number of thiazole rings is 1. The Hall–Kier alpha value is -0.200. The number of morpholine rings is 1. The lowest BCUT2D eigenvalue weighted by molar-refractivity contribution is -0.0260. The maximum absolute atomic E-state index is 5.64. The fourth-order valence-corrected chi connectivity index (χ4v) is 2.92. The first-order valence-corrected chi connectivity index (χ1v) is 7.17. The van der Waals surface area contributed by atoms with Gasteiger partial charge in [-0.2, -0.15) is 0 Å². The predicted octanol–water partition coefficient (Wildman–Crippen LogP) is 1.68. The molecule has 1 unspecified atom stereocenters. The predicted molar refractivity (Wildman–Crippen MR) is 77.4 cm³/mol. The second-order valence-corrected chi connectivity index (χ2v) is 5.39. The summed E-state index contributed by atoms with van der Waals surface area (Å²) >= 11 is 1.77. The average Bonchev–Trinajstić information content (AvgIpc) is 2.77. The summed E-state index contributed by atoms with van der Waals surface area (Å²) in [6, 6.07) is 0. The van der Waals surface area contributed by atoms with Gasteiger partial charge in [-0.15, -0.1) is 23.7 Å². The second kappa shape index (κ2) is 8.07. The molecule has 1 fully saturated rings. The van der Waals surface area contributed by atoms with E-state index in [4.69, 9.17) is 10.5 Å². The monoisotopic (exact) mass is 291 g/mol. The summed E-state index contributed by atoms with van der Waals surface area (Å²) < 4.78 is 5.56. The number of ether oxygens (including phenoxy) is 1. The van der Waals surface area contributed by atoms with E-state index in [9.17, 15) is 0 Å². The highest BCUT2D eigenvalue weighted by molar-refractivity contribution is 7.09. The third kappa shape index (κ3) is 4.48. The smallest absolute Gasteiger partial charge is 0.107 e. The van der Waals surface area contributed by atoms with E-state index in [1.165, 1.54) is 10.7 Å². The topological polar surface area (TPSA) is 51.4 Å². The highest BCUT2D eigenvalue weighted by Gasteiger charge is 2.19. The fraction of sp³-hybridized carbons (Fsp3) is 0.750. The summed E-state index contributed by atoms with van der Waals surface area (Å²) in [6.45, 7) is 6.43. The van der Waals surface area contributed by atoms with E-state index in [-0.39, 0.29) is 18.5 Å². The Kier molecular flexibility index (Phi) is 7.11. The van der Waals surface area contributed by atoms with Crippen LogP contribution in [-0.2, 0) is 17.7 Å². The molecule has 1 aromatic rings. The lowest BCUT2D eigenvalue weighted by Gasteiger charge is -2.31. The Bertz CT molecular complexity index is 348. The van der Waals surface area contributed by atoms with Crippen LogP contribution in [0.4, 0.5) is 0 Å². The molecule has 1 saturated heterocycles. The molecule has 6 heteroatoms. The first-order valence-electron chi connectivity index (χ1n) is 6.29. The zero-order valence-corrected chi connectivity index (χ0v) is 12.4. The van der Waals surface area contributed by atoms with Crippen LogP contribution in [0.5, 0.6) is 0 Å². The number of hydrogen-bond donors (Lipinski definition) is 1. The molecular weight excluding hydrogens is 270 g/mol. The number of nitrogens with zero attached hydrogens (tertiary/aromatic N) is 2. The number of rotatable bonds is 5. The molecule has 1 aromatic heterocycles. The summed E-state index contributed by atoms with van der Waals surface area (Å²) in [5.74, 6) is 0. The van der Waals surface area contributed by atoms with Crippen LogP contribution in [0.1, 0.15) is 24.0 Å². The van der Waals surface area contributed by atoms with Crippen LogP contribution in [0.15, 0.2) is 5.38 Å². The summed E-state index contributed by atoms with van der Waals surface area (Å²) in [6.07, 6.45) is 2.44. The van der Waals surface area contributed by atoms with Gasteiger partial charge in [0.2, 0.25) is 0 Å². The average molecular weight is 292 g/mol. The van der Waals surface area contributed by atoms with Crippen LogP contribution >= 0.6 is 23.7 Å². The van der Waals surface area contributed by atoms with E-state index < -0.39 is 0 Å². The number of aryl methyl sites for hydroxylation is 1. The maximum atomic E-state index is 5.64. The molecule has 104 valence electrons. The number of aromatic nitrogens is 1. The van der Waals surface area contributed by atoms with E-state index >= 15 is 0 Å². The highest BCUT2D eigenvalue weighted by Crippen LogP contribution is 2.15. The van der Waals surface area contributed by atoms with Gasteiger partial charge in [0.25, 0.3) is 0 Å². The van der Waals surface area contributed by atoms with E-state index in [1.54, 1.807) is 11.3 Å². The lowest BCUT2D eigenvalue weighted by atomic mass is 10.2. The van der Waals surface area contributed by atoms with Crippen molar-refractivity contribution in [2.45, 2.75) is 32.4 Å². The Morgan fingerprint density at radius 3 is 3.17 bits per heavy atom. The maximum Gasteiger partial charge on any atom is 0.107 e. The van der Waals surface area contributed by atoms with Gasteiger partial charge in [0, 0.05) is 25.0 Å². The first-order chi connectivity index (χ1) is 8.31. The minimum absolute atomic E-state index is 0. The van der Waals surface area contributed by atoms with Gasteiger partial charge in [-0.3, -0.25) is 4.90 Å². The Balaban J connectivity index is 0.00000162. The van der Waals surface area contributed by atoms with Crippen molar-refractivity contribution < 1.29 is 4.74 Å². The van der Waals surface area contributed by atoms with Crippen LogP contribution in [0.2, 0.25) is 0 Å². The molecule has 1 aliphatic rings. The molecule has 2 heterocycles. The minimum atomic E-state index is 0. The molecule has 0 aromatic carbocycles. The normalized spacial score (nSPS) is 20.7. The molecule has 0 saturated carbocycles. The molecule has 2 N–H and O–H groups in total. The van der Waals surface area contributed by atoms with E-state index in [0.717, 1.165) is 39.1 Å². The molecule has 0 amide bonds. The summed E-state index contributed by atoms with van der Waals surface area (Å²) in [7, 11) is 0. The van der Waals surface area contributed by atoms with Crippen molar-refractivity contribution in [2.75, 3.05) is 26.2 Å². The highest BCUT2D eigenvalue weighted by atomic mass is 35.5. The van der Waals surface area contributed by atoms with Gasteiger partial charge in [0.15, 0.2) is 0 Å². The Labute approximate surface area is 119 Å². The molecule has 0 spiro atoms. The molecule has 1 aliphatic heterocycles. The van der Waals surface area contributed by atoms with Crippen LogP contribution in [0.3, 0.4) is 0 Å². The third-order valence-electron chi connectivity index (χ3n) is 2.95. The van der Waals surface area contributed by atoms with Crippen molar-refractivity contribution in [2.24, 2.45) is 5.73 Å². The summed E-state index contributed by atoms with van der Waals surface area (Å²) in [5, 5.41) is 3.39. The number of hydrogen-bond acceptors (Lipinski definition) is 5. The lowest BCUT2D eigenvalue weighted by Crippen LogP contribution is -2.45. The quantitative estimate of drug-likeness (QED) is 0.897. The van der Waals surface area contributed by atoms with E-state index in [2.05, 4.69) is 22.2 Å². The first kappa shape index (κ1) is 15.9. The largest absolute Gasteiger partial charge is 0.374 e. The molecule has 0 aliphatic carbocycles. The zero-order chi connectivity index (χ0) is 12.1. The fourth-order valence-electron chi connectivity index (χ4n) is 2.05. The minimum Gasteiger partial charge on any atom is -0.374 e. The van der Waals surface area contributed by atoms with Gasteiger partial charge in [-0.25, -0.2) is 4.98 Å². The van der Waals surface area contributed by atoms with Gasteiger partial charge in [-0.1, -0.05) is 13.3 Å². The van der Waals surface area contributed by atoms with Gasteiger partial charge in [-0.05, 0) is 6.42 Å². The van der Waals surface area contributed by atoms with Gasteiger partial charge < -0.3 is 10.5 Å². The van der Waals surface area contributed by atoms with Gasteiger partial charge in [0.05, 0.1) is 24.9 Å². The summed E-state index contributed by atoms with van der Waals surface area (Å²) in [4.78, 5) is 7.03. The van der Waals surface area contributed by atoms with Gasteiger partial charge in [0.1, 0.15) is 5.01 Å². The Morgan fingerprint density at radius 2 is 2.44 bits per heavy atom. The Morgan fingerprint density at radius 1 is 1.61 bits per heavy atom. The van der Waals surface area contributed by atoms with Crippen molar-refractivity contribution in [3.8, 4) is 0 Å². The van der Waals surface area contributed by atoms with Crippen molar-refractivity contribution >= 4 is 23.7 Å². The molecule has 0 radical (unpaired) electrons. The molecule has 1 atom stereocenters. The third-order valence-corrected chi connectivity index (χ3v) is 3.83. The standard InChI is InChI=1S/C12H21N3OS.ClH/c1-2-3-10-9-17-12(14-10)8-15-4-5-16-11(6-13)7-15;/h9,11H,2-8,13H2,1H3;1H. The van der Waals surface area contributed by atoms with Crippen LogP contribution in [0, 0.1) is 0 Å². The van der Waals surface area contributed by atoms with Gasteiger partial charge >= 0.3 is 0 Å². The van der Waals surface area contributed by atoms with Crippen LogP contribution in [-0.4, -0.2) is 42.2 Å². The molecule has 4 nitrogen and oxygen atoms in total. The van der Waals surface area contributed by atoms with Crippen molar-refractivity contribution in [3.05, 3.63) is 16.1 Å². The van der Waals surface area contributed by atoms with E-state index in [0.29, 0.717) is 6.54 Å². The van der Waals surface area contributed by atoms with Crippen LogP contribution < -0.4 is 5.73 Å². The zero-order valence-electron chi connectivity index (χ0n) is 10.8. The van der Waals surface area contributed by atoms with Crippen molar-refractivity contribution in [3.63, 3.8) is 0 Å². The number of halogens is 1. The van der Waals surface area contributed by atoms with Crippen LogP contribution in [0.25, 0.3) is 0 Å². The van der Waals surface area contributed by atoms with E-state index in [1.807, 2.05) is 0 Å². The molecule has 0 bridgehead atoms. The number of nitrogens with two attached hydrogens (primary N) is 1. The molecular formula is C12H22ClN3OS. The summed E-state index contributed by atoms with van der Waals surface area (Å²) in [5.41, 5.74) is 6.87.